The standard InChI is InChI=1S/C15H28Si/c1-11(2)10-12-8-9-13(16(6)7)14(12)15(3,4)5/h9,11,16H,8,10H2,1-7H3. The fraction of sp³-hybridized carbons (Fsp3) is 0.733. The van der Waals surface area contributed by atoms with Crippen LogP contribution in [0, 0.1) is 11.3 Å². The van der Waals surface area contributed by atoms with E-state index >= 15 is 0 Å². The van der Waals surface area contributed by atoms with Gasteiger partial charge in [-0.05, 0) is 29.7 Å². The van der Waals surface area contributed by atoms with E-state index in [2.05, 4.69) is 53.8 Å². The van der Waals surface area contributed by atoms with Gasteiger partial charge in [0.25, 0.3) is 0 Å². The van der Waals surface area contributed by atoms with E-state index in [9.17, 15) is 0 Å². The maximum atomic E-state index is 2.52. The van der Waals surface area contributed by atoms with E-state index in [0.29, 0.717) is 5.41 Å². The van der Waals surface area contributed by atoms with Crippen LogP contribution >= 0.6 is 0 Å². The molecule has 0 N–H and O–H groups in total. The summed E-state index contributed by atoms with van der Waals surface area (Å²) in [5, 5.41) is 1.74. The average molecular weight is 236 g/mol. The average Bonchev–Trinajstić information content (AvgIpc) is 2.45. The van der Waals surface area contributed by atoms with Gasteiger partial charge in [-0.2, -0.15) is 0 Å². The Labute approximate surface area is 103 Å². The molecule has 1 rings (SSSR count). The minimum absolute atomic E-state index is 0.337. The van der Waals surface area contributed by atoms with Crippen molar-refractivity contribution in [3.63, 3.8) is 0 Å². The molecule has 0 unspecified atom stereocenters. The van der Waals surface area contributed by atoms with Gasteiger partial charge < -0.3 is 0 Å². The second kappa shape index (κ2) is 4.91. The first-order valence-electron chi connectivity index (χ1n) is 6.66. The van der Waals surface area contributed by atoms with Crippen molar-refractivity contribution in [3.8, 4) is 0 Å². The normalized spacial score (nSPS) is 17.7. The maximum absolute atomic E-state index is 2.52. The predicted octanol–water partition coefficient (Wildman–Crippen LogP) is 4.73. The first-order chi connectivity index (χ1) is 7.23. The lowest BCUT2D eigenvalue weighted by molar-refractivity contribution is 0.502. The third-order valence-electron chi connectivity index (χ3n) is 3.24. The van der Waals surface area contributed by atoms with Gasteiger partial charge in [-0.3, -0.25) is 0 Å². The Hall–Kier alpha value is -0.303. The van der Waals surface area contributed by atoms with E-state index in [1.165, 1.54) is 12.8 Å². The Morgan fingerprint density at radius 3 is 2.19 bits per heavy atom. The highest BCUT2D eigenvalue weighted by Gasteiger charge is 2.29. The first kappa shape index (κ1) is 13.8. The van der Waals surface area contributed by atoms with Crippen LogP contribution in [-0.4, -0.2) is 8.80 Å². The summed E-state index contributed by atoms with van der Waals surface area (Å²) in [6.45, 7) is 16.7. The van der Waals surface area contributed by atoms with Gasteiger partial charge in [0.05, 0.1) is 8.80 Å². The van der Waals surface area contributed by atoms with Crippen molar-refractivity contribution in [3.05, 3.63) is 22.4 Å². The van der Waals surface area contributed by atoms with Crippen molar-refractivity contribution >= 4 is 8.80 Å². The number of allylic oxidation sites excluding steroid dienone is 4. The fourth-order valence-corrected chi connectivity index (χ4v) is 4.61. The minimum Gasteiger partial charge on any atom is -0.0812 e. The molecule has 0 spiro atoms. The summed E-state index contributed by atoms with van der Waals surface area (Å²) in [6.07, 6.45) is 5.04. The van der Waals surface area contributed by atoms with Crippen molar-refractivity contribution in [1.82, 2.24) is 0 Å². The van der Waals surface area contributed by atoms with Crippen LogP contribution in [0.3, 0.4) is 0 Å². The molecule has 0 aromatic heterocycles. The molecule has 0 amide bonds. The first-order valence-corrected chi connectivity index (χ1v) is 9.55. The Bertz CT molecular complexity index is 311. The second-order valence-electron chi connectivity index (χ2n) is 6.84. The largest absolute Gasteiger partial charge is 0.0812 e. The van der Waals surface area contributed by atoms with Crippen molar-refractivity contribution in [2.45, 2.75) is 60.6 Å². The van der Waals surface area contributed by atoms with Gasteiger partial charge in [-0.1, -0.05) is 64.6 Å². The zero-order valence-electron chi connectivity index (χ0n) is 12.1. The maximum Gasteiger partial charge on any atom is 0.0647 e. The zero-order valence-corrected chi connectivity index (χ0v) is 13.3. The molecular formula is C15H28Si. The van der Waals surface area contributed by atoms with E-state index in [1.54, 1.807) is 16.3 Å². The molecular weight excluding hydrogens is 208 g/mol. The molecule has 1 aliphatic carbocycles. The van der Waals surface area contributed by atoms with Gasteiger partial charge in [0.2, 0.25) is 0 Å². The van der Waals surface area contributed by atoms with E-state index in [4.69, 9.17) is 0 Å². The lowest BCUT2D eigenvalue weighted by Crippen LogP contribution is -2.18. The van der Waals surface area contributed by atoms with Crippen molar-refractivity contribution in [2.24, 2.45) is 11.3 Å². The van der Waals surface area contributed by atoms with Gasteiger partial charge in [0.15, 0.2) is 0 Å². The number of hydrogen-bond donors (Lipinski definition) is 0. The Balaban J connectivity index is 3.07. The molecule has 0 aliphatic heterocycles. The van der Waals surface area contributed by atoms with Gasteiger partial charge in [-0.25, -0.2) is 0 Å². The number of rotatable bonds is 3. The van der Waals surface area contributed by atoms with Gasteiger partial charge in [0.1, 0.15) is 0 Å². The van der Waals surface area contributed by atoms with Gasteiger partial charge >= 0.3 is 0 Å². The molecule has 0 heterocycles. The lowest BCUT2D eigenvalue weighted by atomic mass is 9.83. The molecule has 0 fully saturated rings. The van der Waals surface area contributed by atoms with E-state index in [-0.39, 0.29) is 0 Å². The molecule has 1 aliphatic rings. The summed E-state index contributed by atoms with van der Waals surface area (Å²) >= 11 is 0. The van der Waals surface area contributed by atoms with Crippen LogP contribution in [0.1, 0.15) is 47.5 Å². The molecule has 0 atom stereocenters. The lowest BCUT2D eigenvalue weighted by Gasteiger charge is -2.28. The Kier molecular flexibility index (Phi) is 4.22. The smallest absolute Gasteiger partial charge is 0.0647 e. The summed E-state index contributed by atoms with van der Waals surface area (Å²) in [6, 6.07) is 0. The molecule has 16 heavy (non-hydrogen) atoms. The van der Waals surface area contributed by atoms with Crippen molar-refractivity contribution in [2.75, 3.05) is 0 Å². The molecule has 0 saturated carbocycles. The fourth-order valence-electron chi connectivity index (χ4n) is 2.81. The second-order valence-corrected chi connectivity index (χ2v) is 9.78. The summed E-state index contributed by atoms with van der Waals surface area (Å²) in [7, 11) is -0.661. The highest BCUT2D eigenvalue weighted by atomic mass is 28.3. The van der Waals surface area contributed by atoms with Crippen LogP contribution in [0.25, 0.3) is 0 Å². The summed E-state index contributed by atoms with van der Waals surface area (Å²) < 4.78 is 0. The quantitative estimate of drug-likeness (QED) is 0.621. The third-order valence-corrected chi connectivity index (χ3v) is 5.01. The zero-order chi connectivity index (χ0) is 12.5. The summed E-state index contributed by atoms with van der Waals surface area (Å²) in [5.41, 5.74) is 3.77. The third kappa shape index (κ3) is 3.10. The topological polar surface area (TPSA) is 0 Å². The van der Waals surface area contributed by atoms with E-state index < -0.39 is 8.80 Å². The molecule has 0 radical (unpaired) electrons. The molecule has 1 heteroatoms. The summed E-state index contributed by atoms with van der Waals surface area (Å²) in [5.74, 6) is 0.786. The molecule has 0 saturated heterocycles. The van der Waals surface area contributed by atoms with Crippen LogP contribution in [-0.2, 0) is 0 Å². The van der Waals surface area contributed by atoms with Gasteiger partial charge in [-0.15, -0.1) is 0 Å². The van der Waals surface area contributed by atoms with Crippen LogP contribution in [0.15, 0.2) is 22.4 Å². The van der Waals surface area contributed by atoms with Gasteiger partial charge in [0, 0.05) is 0 Å². The Morgan fingerprint density at radius 1 is 1.25 bits per heavy atom. The molecule has 0 aromatic rings. The van der Waals surface area contributed by atoms with Crippen LogP contribution in [0.4, 0.5) is 0 Å². The van der Waals surface area contributed by atoms with Crippen LogP contribution < -0.4 is 0 Å². The monoisotopic (exact) mass is 236 g/mol. The van der Waals surface area contributed by atoms with Crippen LogP contribution in [0.5, 0.6) is 0 Å². The van der Waals surface area contributed by atoms with Crippen LogP contribution in [0.2, 0.25) is 13.1 Å². The van der Waals surface area contributed by atoms with Crippen molar-refractivity contribution < 1.29 is 0 Å². The van der Waals surface area contributed by atoms with Crippen molar-refractivity contribution in [1.29, 1.82) is 0 Å². The highest BCUT2D eigenvalue weighted by Crippen LogP contribution is 2.42. The SMILES string of the molecule is CC(C)CC1=C(C(C)(C)C)C([SiH](C)C)=CC1. The molecule has 0 aromatic carbocycles. The summed E-state index contributed by atoms with van der Waals surface area (Å²) in [4.78, 5) is 0. The van der Waals surface area contributed by atoms with E-state index in [0.717, 1.165) is 5.92 Å². The molecule has 0 bridgehead atoms. The Morgan fingerprint density at radius 2 is 1.81 bits per heavy atom. The molecule has 0 nitrogen and oxygen atoms in total. The predicted molar refractivity (Wildman–Crippen MR) is 77.5 cm³/mol. The number of hydrogen-bond acceptors (Lipinski definition) is 0. The minimum atomic E-state index is -0.661. The highest BCUT2D eigenvalue weighted by molar-refractivity contribution is 6.65. The molecule has 92 valence electrons. The van der Waals surface area contributed by atoms with E-state index in [1.807, 2.05) is 0 Å².